The van der Waals surface area contributed by atoms with E-state index in [2.05, 4.69) is 10.6 Å². The van der Waals surface area contributed by atoms with Gasteiger partial charge < -0.3 is 42.1 Å². The Morgan fingerprint density at radius 2 is 1.36 bits per heavy atom. The maximum Gasteiger partial charge on any atom is 0.264 e. The number of hydrogen-bond acceptors (Lipinski definition) is 8. The second-order valence-corrected chi connectivity index (χ2v) is 13.7. The lowest BCUT2D eigenvalue weighted by molar-refractivity contribution is -0.139. The fourth-order valence-corrected chi connectivity index (χ4v) is 6.59. The average Bonchev–Trinajstić information content (AvgIpc) is 3.41. The Morgan fingerprint density at radius 3 is 1.95 bits per heavy atom. The summed E-state index contributed by atoms with van der Waals surface area (Å²) in [7, 11) is 0. The number of nitrogens with one attached hydrogen (secondary N) is 2. The zero-order valence-corrected chi connectivity index (χ0v) is 30.9. The monoisotopic (exact) mass is 752 g/mol. The first-order valence-corrected chi connectivity index (χ1v) is 18.2. The Labute approximate surface area is 325 Å². The van der Waals surface area contributed by atoms with Crippen LogP contribution in [0.2, 0.25) is 0 Å². The lowest BCUT2D eigenvalue weighted by Crippen LogP contribution is -2.44. The summed E-state index contributed by atoms with van der Waals surface area (Å²) in [6, 6.07) is 34.4. The van der Waals surface area contributed by atoms with E-state index in [0.717, 1.165) is 11.1 Å². The van der Waals surface area contributed by atoms with Crippen molar-refractivity contribution in [3.05, 3.63) is 161 Å². The molecule has 0 aromatic heterocycles. The number of rotatable bonds is 14. The zero-order chi connectivity index (χ0) is 39.8. The molecule has 0 spiro atoms. The molecule has 0 fully saturated rings. The summed E-state index contributed by atoms with van der Waals surface area (Å²) in [4.78, 5) is 56.5. The number of carbonyl (C=O) groups is 4. The fraction of sp³-hybridized carbons (Fsp3) is 0.182. The Hall–Kier alpha value is -6.76. The number of nitrogens with zero attached hydrogens (tertiary/aromatic N) is 2. The summed E-state index contributed by atoms with van der Waals surface area (Å²) in [6.07, 6.45) is 3.25. The van der Waals surface area contributed by atoms with Crippen LogP contribution >= 0.6 is 0 Å². The molecule has 0 saturated carbocycles. The van der Waals surface area contributed by atoms with Gasteiger partial charge in [-0.05, 0) is 90.0 Å². The molecule has 12 nitrogen and oxygen atoms in total. The van der Waals surface area contributed by atoms with E-state index >= 15 is 0 Å². The predicted molar refractivity (Wildman–Crippen MR) is 217 cm³/mol. The lowest BCUT2D eigenvalue weighted by Gasteiger charge is -2.28. The van der Waals surface area contributed by atoms with E-state index in [1.807, 2.05) is 30.3 Å². The van der Waals surface area contributed by atoms with Crippen molar-refractivity contribution in [2.75, 3.05) is 40.2 Å². The Kier molecular flexibility index (Phi) is 11.9. The molecule has 12 heteroatoms. The largest absolute Gasteiger partial charge is 0.399 e. The third kappa shape index (κ3) is 8.78. The van der Waals surface area contributed by atoms with Gasteiger partial charge in [0.05, 0.1) is 18.8 Å². The van der Waals surface area contributed by atoms with Crippen molar-refractivity contribution >= 4 is 52.1 Å². The highest BCUT2D eigenvalue weighted by Gasteiger charge is 2.52. The molecule has 1 aliphatic rings. The van der Waals surface area contributed by atoms with Gasteiger partial charge in [-0.2, -0.15) is 0 Å². The first kappa shape index (κ1) is 38.9. The highest BCUT2D eigenvalue weighted by atomic mass is 16.3. The molecule has 0 saturated heterocycles. The number of aliphatic hydroxyl groups is 2. The highest BCUT2D eigenvalue weighted by Crippen LogP contribution is 2.47. The van der Waals surface area contributed by atoms with E-state index in [4.69, 9.17) is 11.5 Å². The topological polar surface area (TPSA) is 191 Å². The molecule has 5 aromatic carbocycles. The molecule has 286 valence electrons. The normalized spacial score (nSPS) is 15.3. The zero-order valence-electron chi connectivity index (χ0n) is 30.9. The molecule has 8 N–H and O–H groups in total. The highest BCUT2D eigenvalue weighted by molar-refractivity contribution is 6.09. The van der Waals surface area contributed by atoms with Gasteiger partial charge in [-0.25, -0.2) is 0 Å². The molecule has 1 heterocycles. The van der Waals surface area contributed by atoms with Crippen LogP contribution in [0.4, 0.5) is 28.4 Å². The molecule has 2 atom stereocenters. The van der Waals surface area contributed by atoms with Gasteiger partial charge in [-0.15, -0.1) is 0 Å². The van der Waals surface area contributed by atoms with Gasteiger partial charge in [-0.3, -0.25) is 19.2 Å². The van der Waals surface area contributed by atoms with E-state index in [1.165, 1.54) is 4.90 Å². The summed E-state index contributed by atoms with van der Waals surface area (Å²) >= 11 is 0. The molecule has 0 radical (unpaired) electrons. The van der Waals surface area contributed by atoms with Gasteiger partial charge in [0.1, 0.15) is 0 Å². The molecule has 5 aromatic rings. The number of aliphatic hydroxyl groups excluding tert-OH is 1. The van der Waals surface area contributed by atoms with Crippen molar-refractivity contribution in [2.45, 2.75) is 32.0 Å². The Balaban J connectivity index is 1.23. The van der Waals surface area contributed by atoms with Gasteiger partial charge >= 0.3 is 0 Å². The van der Waals surface area contributed by atoms with Gasteiger partial charge in [0.25, 0.3) is 17.7 Å². The number of hydrogen-bond donors (Lipinski definition) is 6. The van der Waals surface area contributed by atoms with Crippen molar-refractivity contribution in [1.29, 1.82) is 0 Å². The SMILES string of the molecule is C[C@@H](/C=C/CC(=O)N(CCO)Cc1ccccc1)[C@]1(O)C(=O)N(Cc2ccc(NC(=O)c3ccc(N)cc3)cc2)c2ccc(NC(=O)c3ccc(N)cc3)cc21. The standard InChI is InChI=1S/C44H44N6O6/c1-29(6-5-9-40(52)49(24-25-51)27-30-7-3-2-4-8-30)44(56)38-26-37(48-42(54)33-14-18-35(46)19-15-33)22-23-39(38)50(43(44)55)28-31-10-20-36(21-11-31)47-41(53)32-12-16-34(45)17-13-32/h2-8,10-23,26,29,51,56H,9,24-25,27-28,45-46H2,1H3,(H,47,53)(H,48,54)/b6-5+/t29-,44+/m0/s1. The van der Waals surface area contributed by atoms with Crippen LogP contribution in [0.5, 0.6) is 0 Å². The lowest BCUT2D eigenvalue weighted by atomic mass is 9.82. The van der Waals surface area contributed by atoms with Crippen LogP contribution in [0.3, 0.4) is 0 Å². The van der Waals surface area contributed by atoms with Gasteiger partial charge in [0, 0.05) is 64.9 Å². The number of carbonyl (C=O) groups excluding carboxylic acids is 4. The van der Waals surface area contributed by atoms with Crippen molar-refractivity contribution < 1.29 is 29.4 Å². The molecule has 0 bridgehead atoms. The third-order valence-corrected chi connectivity index (χ3v) is 9.74. The first-order valence-electron chi connectivity index (χ1n) is 18.2. The van der Waals surface area contributed by atoms with Crippen LogP contribution in [-0.2, 0) is 28.3 Å². The molecule has 6 rings (SSSR count). The minimum atomic E-state index is -2.06. The number of benzene rings is 5. The smallest absolute Gasteiger partial charge is 0.264 e. The van der Waals surface area contributed by atoms with Gasteiger partial charge in [-0.1, -0.05) is 61.5 Å². The van der Waals surface area contributed by atoms with E-state index in [0.29, 0.717) is 51.7 Å². The van der Waals surface area contributed by atoms with E-state index in [9.17, 15) is 29.4 Å². The van der Waals surface area contributed by atoms with Crippen LogP contribution in [0.25, 0.3) is 0 Å². The number of amides is 4. The first-order chi connectivity index (χ1) is 27.0. The Bertz CT molecular complexity index is 2230. The average molecular weight is 753 g/mol. The molecule has 1 aliphatic heterocycles. The summed E-state index contributed by atoms with van der Waals surface area (Å²) in [5, 5.41) is 27.7. The van der Waals surface area contributed by atoms with Crippen LogP contribution in [0.15, 0.2) is 133 Å². The molecule has 0 aliphatic carbocycles. The van der Waals surface area contributed by atoms with Crippen molar-refractivity contribution in [3.63, 3.8) is 0 Å². The predicted octanol–water partition coefficient (Wildman–Crippen LogP) is 5.69. The maximum absolute atomic E-state index is 14.4. The number of fused-ring (bicyclic) bond motifs is 1. The molecule has 56 heavy (non-hydrogen) atoms. The van der Waals surface area contributed by atoms with Crippen molar-refractivity contribution in [1.82, 2.24) is 4.90 Å². The molecule has 0 unspecified atom stereocenters. The van der Waals surface area contributed by atoms with Gasteiger partial charge in [0.2, 0.25) is 5.91 Å². The number of anilines is 5. The minimum Gasteiger partial charge on any atom is -0.399 e. The van der Waals surface area contributed by atoms with E-state index < -0.39 is 23.3 Å². The summed E-state index contributed by atoms with van der Waals surface area (Å²) in [6.45, 7) is 2.08. The summed E-state index contributed by atoms with van der Waals surface area (Å²) in [5.74, 6) is -2.30. The minimum absolute atomic E-state index is 0.0169. The Morgan fingerprint density at radius 1 is 0.786 bits per heavy atom. The molecule has 4 amide bonds. The van der Waals surface area contributed by atoms with E-state index in [1.54, 1.807) is 115 Å². The summed E-state index contributed by atoms with van der Waals surface area (Å²) in [5.41, 5.74) is 14.7. The number of nitrogen functional groups attached to an aromatic ring is 2. The van der Waals surface area contributed by atoms with Gasteiger partial charge in [0.15, 0.2) is 5.60 Å². The van der Waals surface area contributed by atoms with Crippen molar-refractivity contribution in [3.8, 4) is 0 Å². The van der Waals surface area contributed by atoms with Crippen LogP contribution < -0.4 is 27.0 Å². The summed E-state index contributed by atoms with van der Waals surface area (Å²) < 4.78 is 0. The van der Waals surface area contributed by atoms with Crippen LogP contribution in [0.1, 0.15) is 50.8 Å². The fourth-order valence-electron chi connectivity index (χ4n) is 6.59. The maximum atomic E-state index is 14.4. The van der Waals surface area contributed by atoms with Crippen molar-refractivity contribution in [2.24, 2.45) is 5.92 Å². The van der Waals surface area contributed by atoms with Crippen LogP contribution in [0, 0.1) is 5.92 Å². The quantitative estimate of drug-likeness (QED) is 0.0616. The molecular formula is C44H44N6O6. The van der Waals surface area contributed by atoms with E-state index in [-0.39, 0.29) is 37.9 Å². The second-order valence-electron chi connectivity index (χ2n) is 13.7. The number of nitrogens with two attached hydrogens (primary N) is 2. The second kappa shape index (κ2) is 17.1. The third-order valence-electron chi connectivity index (χ3n) is 9.74. The molecular weight excluding hydrogens is 709 g/mol. The van der Waals surface area contributed by atoms with Crippen LogP contribution in [-0.4, -0.2) is 51.9 Å².